The zero-order valence-corrected chi connectivity index (χ0v) is 13.4. The molecule has 0 saturated carbocycles. The van der Waals surface area contributed by atoms with Gasteiger partial charge in [-0.2, -0.15) is 0 Å². The van der Waals surface area contributed by atoms with Gasteiger partial charge in [0.15, 0.2) is 0 Å². The van der Waals surface area contributed by atoms with Crippen LogP contribution in [0, 0.1) is 11.6 Å². The summed E-state index contributed by atoms with van der Waals surface area (Å²) in [6.07, 6.45) is 0.841. The molecule has 6 heteroatoms. The maximum atomic E-state index is 13.2. The molecular weight excluding hydrogens is 326 g/mol. The van der Waals surface area contributed by atoms with Crippen LogP contribution in [-0.2, 0) is 19.6 Å². The van der Waals surface area contributed by atoms with Gasteiger partial charge in [0.05, 0.1) is 5.69 Å². The summed E-state index contributed by atoms with van der Waals surface area (Å²) in [5.74, 6) is 0.897. The Morgan fingerprint density at radius 1 is 1.08 bits per heavy atom. The van der Waals surface area contributed by atoms with E-state index in [2.05, 4.69) is 10.3 Å². The van der Waals surface area contributed by atoms with E-state index in [1.54, 1.807) is 12.1 Å². The number of hydrogen-bond donors (Lipinski definition) is 1. The molecule has 128 valence electrons. The molecule has 0 atom stereocenters. The Morgan fingerprint density at radius 3 is 2.56 bits per heavy atom. The molecule has 2 aromatic carbocycles. The van der Waals surface area contributed by atoms with Gasteiger partial charge in [0.2, 0.25) is 5.89 Å². The molecule has 0 unspecified atom stereocenters. The summed E-state index contributed by atoms with van der Waals surface area (Å²) in [6.45, 7) is 1.71. The largest absolute Gasteiger partial charge is 0.489 e. The van der Waals surface area contributed by atoms with E-state index in [1.165, 1.54) is 12.1 Å². The predicted octanol–water partition coefficient (Wildman–Crippen LogP) is 3.84. The van der Waals surface area contributed by atoms with Crippen LogP contribution in [0.3, 0.4) is 0 Å². The fraction of sp³-hybridized carbons (Fsp3) is 0.211. The van der Waals surface area contributed by atoms with Gasteiger partial charge in [-0.15, -0.1) is 0 Å². The van der Waals surface area contributed by atoms with Gasteiger partial charge >= 0.3 is 0 Å². The van der Waals surface area contributed by atoms with Crippen LogP contribution < -0.4 is 10.1 Å². The minimum Gasteiger partial charge on any atom is -0.489 e. The average molecular weight is 342 g/mol. The molecule has 0 aliphatic carbocycles. The van der Waals surface area contributed by atoms with Crippen LogP contribution in [0.5, 0.6) is 5.75 Å². The highest BCUT2D eigenvalue weighted by atomic mass is 19.1. The molecular formula is C19H16F2N2O2. The monoisotopic (exact) mass is 342 g/mol. The van der Waals surface area contributed by atoms with Gasteiger partial charge in [0.1, 0.15) is 29.8 Å². The SMILES string of the molecule is Fc1cc(F)cc(COc2ccc(-c3nc4c(o3)CCNC4)cc2)c1. The van der Waals surface area contributed by atoms with E-state index in [4.69, 9.17) is 9.15 Å². The Labute approximate surface area is 143 Å². The molecule has 3 aromatic rings. The first-order valence-corrected chi connectivity index (χ1v) is 8.05. The lowest BCUT2D eigenvalue weighted by Crippen LogP contribution is -2.22. The first kappa shape index (κ1) is 15.8. The fourth-order valence-corrected chi connectivity index (χ4v) is 2.80. The van der Waals surface area contributed by atoms with Crippen molar-refractivity contribution in [2.75, 3.05) is 6.54 Å². The number of nitrogens with one attached hydrogen (secondary N) is 1. The summed E-state index contributed by atoms with van der Waals surface area (Å²) in [4.78, 5) is 4.51. The molecule has 25 heavy (non-hydrogen) atoms. The van der Waals surface area contributed by atoms with Crippen molar-refractivity contribution in [3.05, 3.63) is 71.1 Å². The van der Waals surface area contributed by atoms with E-state index in [0.717, 1.165) is 42.6 Å². The van der Waals surface area contributed by atoms with Crippen LogP contribution in [0.2, 0.25) is 0 Å². The fourth-order valence-electron chi connectivity index (χ4n) is 2.80. The minimum absolute atomic E-state index is 0.0903. The van der Waals surface area contributed by atoms with Crippen LogP contribution in [0.15, 0.2) is 46.9 Å². The van der Waals surface area contributed by atoms with E-state index in [0.29, 0.717) is 17.2 Å². The average Bonchev–Trinajstić information content (AvgIpc) is 3.04. The quantitative estimate of drug-likeness (QED) is 0.782. The molecule has 2 heterocycles. The summed E-state index contributed by atoms with van der Waals surface area (Å²) in [5, 5.41) is 3.26. The third-order valence-corrected chi connectivity index (χ3v) is 4.03. The maximum absolute atomic E-state index is 13.2. The van der Waals surface area contributed by atoms with Gasteiger partial charge in [-0.1, -0.05) is 0 Å². The van der Waals surface area contributed by atoms with Crippen LogP contribution in [0.1, 0.15) is 17.0 Å². The summed E-state index contributed by atoms with van der Waals surface area (Å²) < 4.78 is 37.7. The molecule has 0 bridgehead atoms. The number of rotatable bonds is 4. The lowest BCUT2D eigenvalue weighted by molar-refractivity contribution is 0.305. The molecule has 1 N–H and O–H groups in total. The molecule has 0 amide bonds. The first-order valence-electron chi connectivity index (χ1n) is 8.05. The van der Waals surface area contributed by atoms with Crippen LogP contribution in [-0.4, -0.2) is 11.5 Å². The number of oxazole rings is 1. The number of nitrogens with zero attached hydrogens (tertiary/aromatic N) is 1. The molecule has 1 aromatic heterocycles. The van der Waals surface area contributed by atoms with Crippen LogP contribution in [0.25, 0.3) is 11.5 Å². The number of ether oxygens (including phenoxy) is 1. The summed E-state index contributed by atoms with van der Waals surface area (Å²) >= 11 is 0. The number of halogens is 2. The second-order valence-electron chi connectivity index (χ2n) is 5.91. The third kappa shape index (κ3) is 3.53. The second-order valence-corrected chi connectivity index (χ2v) is 5.91. The van der Waals surface area contributed by atoms with Crippen molar-refractivity contribution in [2.45, 2.75) is 19.6 Å². The zero-order chi connectivity index (χ0) is 17.2. The van der Waals surface area contributed by atoms with E-state index >= 15 is 0 Å². The van der Waals surface area contributed by atoms with Crippen molar-refractivity contribution in [1.29, 1.82) is 0 Å². The lowest BCUT2D eigenvalue weighted by atomic mass is 10.2. The molecule has 0 spiro atoms. The summed E-state index contributed by atoms with van der Waals surface area (Å²) in [5.41, 5.74) is 2.25. The summed E-state index contributed by atoms with van der Waals surface area (Å²) in [7, 11) is 0. The van der Waals surface area contributed by atoms with Gasteiger partial charge in [-0.25, -0.2) is 13.8 Å². The summed E-state index contributed by atoms with van der Waals surface area (Å²) in [6, 6.07) is 10.6. The van der Waals surface area contributed by atoms with E-state index < -0.39 is 11.6 Å². The maximum Gasteiger partial charge on any atom is 0.226 e. The van der Waals surface area contributed by atoms with Gasteiger partial charge in [-0.05, 0) is 42.0 Å². The molecule has 0 fully saturated rings. The van der Waals surface area contributed by atoms with Crippen molar-refractivity contribution in [1.82, 2.24) is 10.3 Å². The molecule has 0 radical (unpaired) electrons. The van der Waals surface area contributed by atoms with Crippen molar-refractivity contribution >= 4 is 0 Å². The van der Waals surface area contributed by atoms with Crippen molar-refractivity contribution in [3.63, 3.8) is 0 Å². The Hall–Kier alpha value is -2.73. The van der Waals surface area contributed by atoms with Crippen molar-refractivity contribution in [3.8, 4) is 17.2 Å². The van der Waals surface area contributed by atoms with Crippen LogP contribution in [0.4, 0.5) is 8.78 Å². The minimum atomic E-state index is -0.615. The highest BCUT2D eigenvalue weighted by Gasteiger charge is 2.17. The van der Waals surface area contributed by atoms with Crippen molar-refractivity contribution < 1.29 is 17.9 Å². The molecule has 4 nitrogen and oxygen atoms in total. The van der Waals surface area contributed by atoms with E-state index in [9.17, 15) is 8.78 Å². The normalized spacial score (nSPS) is 13.5. The molecule has 1 aliphatic heterocycles. The number of benzene rings is 2. The Kier molecular flexibility index (Phi) is 4.19. The Bertz CT molecular complexity index is 847. The van der Waals surface area contributed by atoms with E-state index in [-0.39, 0.29) is 6.61 Å². The van der Waals surface area contributed by atoms with E-state index in [1.807, 2.05) is 12.1 Å². The standard InChI is InChI=1S/C19H16F2N2O2/c20-14-7-12(8-15(21)9-14)11-24-16-3-1-13(2-4-16)19-23-17-10-22-6-5-18(17)25-19/h1-4,7-9,22H,5-6,10-11H2. The topological polar surface area (TPSA) is 47.3 Å². The number of fused-ring (bicyclic) bond motifs is 1. The smallest absolute Gasteiger partial charge is 0.226 e. The number of hydrogen-bond acceptors (Lipinski definition) is 4. The Balaban J connectivity index is 1.45. The van der Waals surface area contributed by atoms with Gasteiger partial charge in [-0.3, -0.25) is 0 Å². The van der Waals surface area contributed by atoms with Gasteiger partial charge in [0, 0.05) is 31.1 Å². The first-order chi connectivity index (χ1) is 12.2. The zero-order valence-electron chi connectivity index (χ0n) is 13.4. The Morgan fingerprint density at radius 2 is 1.84 bits per heavy atom. The lowest BCUT2D eigenvalue weighted by Gasteiger charge is -2.08. The predicted molar refractivity (Wildman–Crippen MR) is 88.0 cm³/mol. The number of aromatic nitrogens is 1. The van der Waals surface area contributed by atoms with Crippen LogP contribution >= 0.6 is 0 Å². The third-order valence-electron chi connectivity index (χ3n) is 4.03. The molecule has 0 saturated heterocycles. The van der Waals surface area contributed by atoms with Gasteiger partial charge < -0.3 is 14.5 Å². The molecule has 1 aliphatic rings. The molecule has 4 rings (SSSR count). The highest BCUT2D eigenvalue weighted by molar-refractivity contribution is 5.55. The highest BCUT2D eigenvalue weighted by Crippen LogP contribution is 2.26. The second kappa shape index (κ2) is 6.64. The van der Waals surface area contributed by atoms with Gasteiger partial charge in [0.25, 0.3) is 0 Å². The van der Waals surface area contributed by atoms with Crippen molar-refractivity contribution in [2.24, 2.45) is 0 Å².